The van der Waals surface area contributed by atoms with Crippen LogP contribution in [0.4, 0.5) is 11.4 Å². The van der Waals surface area contributed by atoms with Crippen LogP contribution in [0, 0.1) is 0 Å². The molecule has 3 aromatic rings. The van der Waals surface area contributed by atoms with Crippen LogP contribution in [0.1, 0.15) is 40.9 Å². The molecule has 30 heavy (non-hydrogen) atoms. The van der Waals surface area contributed by atoms with Crippen LogP contribution in [-0.2, 0) is 10.3 Å². The van der Waals surface area contributed by atoms with Crippen LogP contribution in [0.2, 0.25) is 0 Å². The number of nitrogens with one attached hydrogen (secondary N) is 1. The van der Waals surface area contributed by atoms with E-state index in [9.17, 15) is 4.79 Å². The lowest BCUT2D eigenvalue weighted by Crippen LogP contribution is -2.33. The predicted octanol–water partition coefficient (Wildman–Crippen LogP) is 5.14. The Balaban J connectivity index is 1.80. The summed E-state index contributed by atoms with van der Waals surface area (Å²) in [5.41, 5.74) is 4.12. The summed E-state index contributed by atoms with van der Waals surface area (Å²) in [4.78, 5) is 15.2. The first-order valence-corrected chi connectivity index (χ1v) is 10.3. The Kier molecular flexibility index (Phi) is 4.21. The lowest BCUT2D eigenvalue weighted by Gasteiger charge is -2.37. The van der Waals surface area contributed by atoms with Crippen molar-refractivity contribution in [2.45, 2.75) is 19.4 Å². The van der Waals surface area contributed by atoms with Gasteiger partial charge in [-0.25, -0.2) is 4.79 Å². The second kappa shape index (κ2) is 6.80. The summed E-state index contributed by atoms with van der Waals surface area (Å²) in [6.07, 6.45) is 0. The lowest BCUT2D eigenvalue weighted by molar-refractivity contribution is 0.0224. The minimum absolute atomic E-state index is 0.313. The number of carbonyl (C=O) groups excluding carboxylic acids is 1. The molecule has 2 aliphatic rings. The molecule has 0 fully saturated rings. The van der Waals surface area contributed by atoms with Gasteiger partial charge in [-0.3, -0.25) is 0 Å². The van der Waals surface area contributed by atoms with Gasteiger partial charge in [0.2, 0.25) is 0 Å². The highest BCUT2D eigenvalue weighted by Crippen LogP contribution is 2.56. The molecular formula is C25H24N2O3. The van der Waals surface area contributed by atoms with Crippen LogP contribution >= 0.6 is 0 Å². The zero-order valence-corrected chi connectivity index (χ0v) is 17.4. The number of benzene rings is 3. The molecule has 0 bridgehead atoms. The maximum atomic E-state index is 12.9. The zero-order valence-electron chi connectivity index (χ0n) is 17.4. The van der Waals surface area contributed by atoms with Crippen LogP contribution in [-0.4, -0.2) is 26.1 Å². The molecule has 1 N–H and O–H groups in total. The predicted molar refractivity (Wildman–Crippen MR) is 118 cm³/mol. The molecule has 0 unspecified atom stereocenters. The van der Waals surface area contributed by atoms with Crippen molar-refractivity contribution in [2.24, 2.45) is 0 Å². The number of fused-ring (bicyclic) bond motifs is 6. The summed E-state index contributed by atoms with van der Waals surface area (Å²) < 4.78 is 12.6. The van der Waals surface area contributed by atoms with Gasteiger partial charge in [0.25, 0.3) is 0 Å². The molecule has 0 amide bonds. The number of anilines is 2. The number of rotatable bonds is 4. The van der Waals surface area contributed by atoms with E-state index in [0.717, 1.165) is 41.2 Å². The third-order valence-electron chi connectivity index (χ3n) is 6.11. The van der Waals surface area contributed by atoms with Crippen LogP contribution < -0.4 is 15.0 Å². The first-order chi connectivity index (χ1) is 14.6. The normalized spacial score (nSPS) is 18.2. The summed E-state index contributed by atoms with van der Waals surface area (Å²) in [5, 5.41) is 3.18. The van der Waals surface area contributed by atoms with Gasteiger partial charge in [0.15, 0.2) is 5.60 Å². The van der Waals surface area contributed by atoms with Crippen molar-refractivity contribution in [3.05, 3.63) is 82.9 Å². The SMILES string of the molecule is CCN(CC)c1ccc2c(c1)Oc1ccc(NC)cc1[C@@]21OC(=O)c2ccccc21. The van der Waals surface area contributed by atoms with E-state index in [1.54, 1.807) is 0 Å². The van der Waals surface area contributed by atoms with Crippen molar-refractivity contribution in [1.29, 1.82) is 0 Å². The van der Waals surface area contributed by atoms with Crippen LogP contribution in [0.3, 0.4) is 0 Å². The second-order valence-corrected chi connectivity index (χ2v) is 7.53. The number of carbonyl (C=O) groups is 1. The first-order valence-electron chi connectivity index (χ1n) is 10.3. The number of hydrogen-bond donors (Lipinski definition) is 1. The summed E-state index contributed by atoms with van der Waals surface area (Å²) in [6, 6.07) is 19.7. The Morgan fingerprint density at radius 3 is 2.47 bits per heavy atom. The van der Waals surface area contributed by atoms with E-state index in [0.29, 0.717) is 17.1 Å². The Morgan fingerprint density at radius 2 is 1.70 bits per heavy atom. The largest absolute Gasteiger partial charge is 0.456 e. The molecule has 5 rings (SSSR count). The van der Waals surface area contributed by atoms with Gasteiger partial charge in [0.05, 0.1) is 5.56 Å². The molecule has 1 spiro atoms. The van der Waals surface area contributed by atoms with Gasteiger partial charge >= 0.3 is 5.97 Å². The van der Waals surface area contributed by atoms with Gasteiger partial charge in [0, 0.05) is 54.3 Å². The number of ether oxygens (including phenoxy) is 2. The molecule has 5 heteroatoms. The van der Waals surface area contributed by atoms with Crippen LogP contribution in [0.15, 0.2) is 60.7 Å². The average molecular weight is 400 g/mol. The smallest absolute Gasteiger partial charge is 0.340 e. The minimum atomic E-state index is -1.02. The molecule has 2 aliphatic heterocycles. The summed E-state index contributed by atoms with van der Waals surface area (Å²) in [7, 11) is 1.87. The maximum Gasteiger partial charge on any atom is 0.340 e. The van der Waals surface area contributed by atoms with Crippen LogP contribution in [0.25, 0.3) is 0 Å². The zero-order chi connectivity index (χ0) is 20.9. The fourth-order valence-electron chi connectivity index (χ4n) is 4.60. The monoisotopic (exact) mass is 400 g/mol. The Bertz CT molecular complexity index is 1150. The van der Waals surface area contributed by atoms with Crippen molar-refractivity contribution >= 4 is 17.3 Å². The van der Waals surface area contributed by atoms with E-state index >= 15 is 0 Å². The lowest BCUT2D eigenvalue weighted by atomic mass is 9.77. The van der Waals surface area contributed by atoms with Gasteiger partial charge in [-0.2, -0.15) is 0 Å². The average Bonchev–Trinajstić information content (AvgIpc) is 3.08. The third-order valence-corrected chi connectivity index (χ3v) is 6.11. The highest BCUT2D eigenvalue weighted by molar-refractivity contribution is 5.97. The Labute approximate surface area is 176 Å². The van der Waals surface area contributed by atoms with Crippen molar-refractivity contribution in [2.75, 3.05) is 30.4 Å². The second-order valence-electron chi connectivity index (χ2n) is 7.53. The Hall–Kier alpha value is -3.47. The van der Waals surface area contributed by atoms with E-state index in [1.807, 2.05) is 61.6 Å². The molecule has 3 aromatic carbocycles. The summed E-state index contributed by atoms with van der Waals surface area (Å²) in [5.74, 6) is 1.10. The summed E-state index contributed by atoms with van der Waals surface area (Å²) >= 11 is 0. The Morgan fingerprint density at radius 1 is 0.900 bits per heavy atom. The van der Waals surface area contributed by atoms with Crippen molar-refractivity contribution in [3.8, 4) is 11.5 Å². The molecule has 0 aromatic heterocycles. The van der Waals surface area contributed by atoms with E-state index in [1.165, 1.54) is 0 Å². The van der Waals surface area contributed by atoms with Gasteiger partial charge in [-0.15, -0.1) is 0 Å². The highest BCUT2D eigenvalue weighted by Gasteiger charge is 2.53. The fourth-order valence-corrected chi connectivity index (χ4v) is 4.60. The van der Waals surface area contributed by atoms with E-state index < -0.39 is 5.60 Å². The van der Waals surface area contributed by atoms with E-state index in [-0.39, 0.29) is 5.97 Å². The third kappa shape index (κ3) is 2.45. The van der Waals surface area contributed by atoms with Crippen LogP contribution in [0.5, 0.6) is 11.5 Å². The molecule has 0 saturated carbocycles. The number of nitrogens with zero attached hydrogens (tertiary/aromatic N) is 1. The van der Waals surface area contributed by atoms with E-state index in [2.05, 4.69) is 30.1 Å². The van der Waals surface area contributed by atoms with Crippen molar-refractivity contribution < 1.29 is 14.3 Å². The molecule has 2 heterocycles. The van der Waals surface area contributed by atoms with Gasteiger partial charge in [0.1, 0.15) is 11.5 Å². The summed E-state index contributed by atoms with van der Waals surface area (Å²) in [6.45, 7) is 6.07. The van der Waals surface area contributed by atoms with Gasteiger partial charge < -0.3 is 19.7 Å². The molecule has 0 saturated heterocycles. The highest BCUT2D eigenvalue weighted by atomic mass is 16.6. The van der Waals surface area contributed by atoms with E-state index in [4.69, 9.17) is 9.47 Å². The first kappa shape index (κ1) is 18.6. The van der Waals surface area contributed by atoms with Crippen molar-refractivity contribution in [3.63, 3.8) is 0 Å². The van der Waals surface area contributed by atoms with Gasteiger partial charge in [-0.05, 0) is 50.2 Å². The maximum absolute atomic E-state index is 12.9. The molecule has 0 radical (unpaired) electrons. The molecule has 152 valence electrons. The number of esters is 1. The molecule has 0 aliphatic carbocycles. The standard InChI is InChI=1S/C25H24N2O3/c1-4-27(5-2)17-11-12-20-23(15-17)29-22-13-10-16(26-3)14-21(22)25(20)19-9-7-6-8-18(19)24(28)30-25/h6-15,26H,4-5H2,1-3H3/t25-/m0/s1. The fraction of sp³-hybridized carbons (Fsp3) is 0.240. The quantitative estimate of drug-likeness (QED) is 0.615. The topological polar surface area (TPSA) is 50.8 Å². The van der Waals surface area contributed by atoms with Gasteiger partial charge in [-0.1, -0.05) is 18.2 Å². The molecule has 1 atom stereocenters. The van der Waals surface area contributed by atoms with Crippen molar-refractivity contribution in [1.82, 2.24) is 0 Å². The molecular weight excluding hydrogens is 376 g/mol. The minimum Gasteiger partial charge on any atom is -0.456 e. The molecule has 5 nitrogen and oxygen atoms in total. The number of hydrogen-bond acceptors (Lipinski definition) is 5.